The maximum absolute atomic E-state index is 13.1. The molecule has 0 N–H and O–H groups in total. The molecular weight excluding hydrogens is 390 g/mol. The van der Waals surface area contributed by atoms with E-state index in [9.17, 15) is 13.2 Å². The molecule has 29 heavy (non-hydrogen) atoms. The van der Waals surface area contributed by atoms with E-state index in [0.29, 0.717) is 43.1 Å². The van der Waals surface area contributed by atoms with E-state index in [1.165, 1.54) is 4.31 Å². The van der Waals surface area contributed by atoms with Crippen molar-refractivity contribution in [3.63, 3.8) is 0 Å². The van der Waals surface area contributed by atoms with Crippen LogP contribution in [0.4, 0.5) is 5.69 Å². The first-order valence-corrected chi connectivity index (χ1v) is 11.0. The van der Waals surface area contributed by atoms with Gasteiger partial charge in [0.25, 0.3) is 5.91 Å². The van der Waals surface area contributed by atoms with E-state index in [4.69, 9.17) is 4.74 Å². The minimum atomic E-state index is -3.63. The Hall–Kier alpha value is -2.42. The second kappa shape index (κ2) is 7.12. The summed E-state index contributed by atoms with van der Waals surface area (Å²) in [7, 11) is 0.0585. The first-order valence-electron chi connectivity index (χ1n) is 9.57. The van der Waals surface area contributed by atoms with Gasteiger partial charge in [-0.25, -0.2) is 8.42 Å². The zero-order valence-corrected chi connectivity index (χ0v) is 17.9. The Kier molecular flexibility index (Phi) is 4.88. The number of aryl methyl sites for hydroxylation is 1. The molecular formula is C21H25N3O4S. The fraction of sp³-hybridized carbons (Fsp3) is 0.381. The topological polar surface area (TPSA) is 71.8 Å². The molecule has 1 saturated heterocycles. The minimum Gasteiger partial charge on any atom is -0.379 e. The molecule has 3 heterocycles. The third kappa shape index (κ3) is 3.21. The number of amides is 1. The summed E-state index contributed by atoms with van der Waals surface area (Å²) in [4.78, 5) is 14.7. The van der Waals surface area contributed by atoms with E-state index in [0.717, 1.165) is 17.0 Å². The third-order valence-electron chi connectivity index (χ3n) is 5.88. The quantitative estimate of drug-likeness (QED) is 0.721. The standard InChI is InChI=1S/C21H25N3O4S/c1-14-11-16(15(2)22(14)3)12-19-18-13-17(5-6-20(18)23(4)21(19)25)29(26,27)24-7-9-28-10-8-24/h5-6,11-13H,7-10H2,1-4H3. The second-order valence-corrected chi connectivity index (χ2v) is 9.44. The van der Waals surface area contributed by atoms with Crippen molar-refractivity contribution < 1.29 is 17.9 Å². The molecule has 7 nitrogen and oxygen atoms in total. The lowest BCUT2D eigenvalue weighted by Crippen LogP contribution is -2.40. The first kappa shape index (κ1) is 19.9. The van der Waals surface area contributed by atoms with Gasteiger partial charge in [0.15, 0.2) is 0 Å². The highest BCUT2D eigenvalue weighted by atomic mass is 32.2. The van der Waals surface area contributed by atoms with Crippen LogP contribution in [0, 0.1) is 13.8 Å². The fourth-order valence-corrected chi connectivity index (χ4v) is 5.29. The molecule has 0 spiro atoms. The number of fused-ring (bicyclic) bond motifs is 1. The van der Waals surface area contributed by atoms with Crippen molar-refractivity contribution in [2.45, 2.75) is 18.7 Å². The molecule has 0 bridgehead atoms. The number of anilines is 1. The van der Waals surface area contributed by atoms with Crippen molar-refractivity contribution in [3.8, 4) is 0 Å². The average molecular weight is 416 g/mol. The van der Waals surface area contributed by atoms with Gasteiger partial charge in [0.05, 0.1) is 23.8 Å². The van der Waals surface area contributed by atoms with Crippen LogP contribution in [0.15, 0.2) is 29.2 Å². The van der Waals surface area contributed by atoms with Crippen LogP contribution in [-0.2, 0) is 26.6 Å². The summed E-state index contributed by atoms with van der Waals surface area (Å²) in [5, 5.41) is 0. The van der Waals surface area contributed by atoms with Gasteiger partial charge in [-0.05, 0) is 49.8 Å². The molecule has 0 radical (unpaired) electrons. The first-order chi connectivity index (χ1) is 13.7. The van der Waals surface area contributed by atoms with Crippen LogP contribution in [0.5, 0.6) is 0 Å². The number of carbonyl (C=O) groups is 1. The van der Waals surface area contributed by atoms with Gasteiger partial charge < -0.3 is 14.2 Å². The van der Waals surface area contributed by atoms with Crippen molar-refractivity contribution in [3.05, 3.63) is 46.8 Å². The van der Waals surface area contributed by atoms with Gasteiger partial charge in [-0.15, -0.1) is 0 Å². The van der Waals surface area contributed by atoms with Crippen LogP contribution in [0.3, 0.4) is 0 Å². The molecule has 0 atom stereocenters. The largest absolute Gasteiger partial charge is 0.379 e. The SMILES string of the molecule is Cc1cc(C=C2C(=O)N(C)c3ccc(S(=O)(=O)N4CCOCC4)cc32)c(C)n1C. The van der Waals surface area contributed by atoms with Crippen LogP contribution in [0.1, 0.15) is 22.5 Å². The summed E-state index contributed by atoms with van der Waals surface area (Å²) in [6.07, 6.45) is 1.86. The Morgan fingerprint density at radius 3 is 2.38 bits per heavy atom. The zero-order valence-electron chi connectivity index (χ0n) is 17.1. The monoisotopic (exact) mass is 415 g/mol. The Labute approximate surface area is 171 Å². The Morgan fingerprint density at radius 2 is 1.76 bits per heavy atom. The smallest absolute Gasteiger partial charge is 0.258 e. The molecule has 2 aromatic rings. The van der Waals surface area contributed by atoms with Crippen LogP contribution < -0.4 is 4.90 Å². The molecule has 1 aromatic heterocycles. The number of morpholine rings is 1. The highest BCUT2D eigenvalue weighted by Crippen LogP contribution is 2.39. The molecule has 1 amide bonds. The summed E-state index contributed by atoms with van der Waals surface area (Å²) >= 11 is 0. The van der Waals surface area contributed by atoms with Gasteiger partial charge in [0.2, 0.25) is 10.0 Å². The average Bonchev–Trinajstić information content (AvgIpc) is 3.11. The normalized spacial score (nSPS) is 19.2. The minimum absolute atomic E-state index is 0.137. The molecule has 0 unspecified atom stereocenters. The molecule has 4 rings (SSSR count). The molecule has 1 fully saturated rings. The predicted molar refractivity (Wildman–Crippen MR) is 112 cm³/mol. The number of benzene rings is 1. The van der Waals surface area contributed by atoms with E-state index >= 15 is 0 Å². The number of hydrogen-bond donors (Lipinski definition) is 0. The summed E-state index contributed by atoms with van der Waals surface area (Å²) in [5.41, 5.74) is 4.97. The van der Waals surface area contributed by atoms with Gasteiger partial charge >= 0.3 is 0 Å². The van der Waals surface area contributed by atoms with Gasteiger partial charge in [-0.1, -0.05) is 0 Å². The van der Waals surface area contributed by atoms with E-state index < -0.39 is 10.0 Å². The number of ether oxygens (including phenoxy) is 1. The lowest BCUT2D eigenvalue weighted by Gasteiger charge is -2.26. The van der Waals surface area contributed by atoms with Crippen LogP contribution in [-0.4, -0.2) is 56.5 Å². The zero-order chi connectivity index (χ0) is 20.9. The van der Waals surface area contributed by atoms with Crippen LogP contribution >= 0.6 is 0 Å². The molecule has 2 aliphatic heterocycles. The van der Waals surface area contributed by atoms with Crippen LogP contribution in [0.2, 0.25) is 0 Å². The van der Waals surface area contributed by atoms with Crippen molar-refractivity contribution in [2.24, 2.45) is 7.05 Å². The summed E-state index contributed by atoms with van der Waals surface area (Å²) < 4.78 is 34.9. The molecule has 0 saturated carbocycles. The summed E-state index contributed by atoms with van der Waals surface area (Å²) in [6, 6.07) is 6.94. The summed E-state index contributed by atoms with van der Waals surface area (Å²) in [5.74, 6) is -0.137. The Balaban J connectivity index is 1.81. The molecule has 154 valence electrons. The molecule has 0 aliphatic carbocycles. The Morgan fingerprint density at radius 1 is 1.07 bits per heavy atom. The predicted octanol–water partition coefficient (Wildman–Crippen LogP) is 2.18. The van der Waals surface area contributed by atoms with Crippen molar-refractivity contribution in [1.29, 1.82) is 0 Å². The molecule has 1 aromatic carbocycles. The number of aromatic nitrogens is 1. The highest BCUT2D eigenvalue weighted by molar-refractivity contribution is 7.89. The lowest BCUT2D eigenvalue weighted by atomic mass is 10.0. The van der Waals surface area contributed by atoms with E-state index in [1.807, 2.05) is 33.0 Å². The highest BCUT2D eigenvalue weighted by Gasteiger charge is 2.33. The van der Waals surface area contributed by atoms with E-state index in [-0.39, 0.29) is 10.8 Å². The maximum Gasteiger partial charge on any atom is 0.258 e. The van der Waals surface area contributed by atoms with Gasteiger partial charge in [-0.3, -0.25) is 4.79 Å². The van der Waals surface area contributed by atoms with Crippen LogP contribution in [0.25, 0.3) is 11.6 Å². The van der Waals surface area contributed by atoms with Gasteiger partial charge in [0, 0.05) is 49.7 Å². The number of hydrogen-bond acceptors (Lipinski definition) is 4. The second-order valence-electron chi connectivity index (χ2n) is 7.50. The maximum atomic E-state index is 13.1. The van der Waals surface area contributed by atoms with E-state index in [2.05, 4.69) is 4.57 Å². The number of nitrogens with zero attached hydrogens (tertiary/aromatic N) is 3. The molecule has 8 heteroatoms. The van der Waals surface area contributed by atoms with Crippen molar-refractivity contribution >= 4 is 33.3 Å². The Bertz CT molecular complexity index is 1130. The van der Waals surface area contributed by atoms with Gasteiger partial charge in [-0.2, -0.15) is 4.31 Å². The van der Waals surface area contributed by atoms with Crippen molar-refractivity contribution in [1.82, 2.24) is 8.87 Å². The number of rotatable bonds is 3. The fourth-order valence-electron chi connectivity index (χ4n) is 3.85. The van der Waals surface area contributed by atoms with E-state index in [1.54, 1.807) is 30.1 Å². The third-order valence-corrected chi connectivity index (χ3v) is 7.77. The number of sulfonamides is 1. The van der Waals surface area contributed by atoms with Crippen molar-refractivity contribution in [2.75, 3.05) is 38.3 Å². The lowest BCUT2D eigenvalue weighted by molar-refractivity contribution is -0.112. The summed E-state index contributed by atoms with van der Waals surface area (Å²) in [6.45, 7) is 5.47. The number of likely N-dealkylation sites (N-methyl/N-ethyl adjacent to an activating group) is 1. The number of carbonyl (C=O) groups excluding carboxylic acids is 1. The molecule has 2 aliphatic rings. The van der Waals surface area contributed by atoms with Gasteiger partial charge in [0.1, 0.15) is 0 Å².